The Hall–Kier alpha value is -4.19. The fourth-order valence-electron chi connectivity index (χ4n) is 4.79. The quantitative estimate of drug-likeness (QED) is 0.420. The number of halogens is 1. The number of hydrogen-bond donors (Lipinski definition) is 3. The summed E-state index contributed by atoms with van der Waals surface area (Å²) in [5, 5.41) is 8.67. The van der Waals surface area contributed by atoms with Crippen LogP contribution < -0.4 is 25.4 Å². The third-order valence-electron chi connectivity index (χ3n) is 6.86. The number of aromatic nitrogens is 1. The maximum atomic E-state index is 15.5. The van der Waals surface area contributed by atoms with Crippen molar-refractivity contribution in [3.63, 3.8) is 0 Å². The highest BCUT2D eigenvalue weighted by atomic mass is 32.1. The molecule has 0 saturated carbocycles. The number of allylic oxidation sites excluding steroid dienone is 1. The Bertz CT molecular complexity index is 1530. The van der Waals surface area contributed by atoms with E-state index in [1.807, 2.05) is 6.07 Å². The fourth-order valence-corrected chi connectivity index (χ4v) is 5.86. The zero-order valence-electron chi connectivity index (χ0n) is 21.9. The highest BCUT2D eigenvalue weighted by Gasteiger charge is 2.40. The minimum atomic E-state index is -0.912. The van der Waals surface area contributed by atoms with Gasteiger partial charge in [0, 0.05) is 22.9 Å². The minimum Gasteiger partial charge on any atom is -0.497 e. The molecule has 3 N–H and O–H groups in total. The fraction of sp³-hybridized carbons (Fsp3) is 0.333. The number of nitrogens with one attached hydrogen (secondary N) is 3. The first-order valence-corrected chi connectivity index (χ1v) is 13.1. The van der Waals surface area contributed by atoms with Crippen LogP contribution in [0.5, 0.6) is 11.5 Å². The van der Waals surface area contributed by atoms with Gasteiger partial charge < -0.3 is 30.3 Å². The second kappa shape index (κ2) is 9.84. The van der Waals surface area contributed by atoms with Crippen LogP contribution in [0.1, 0.15) is 47.6 Å². The Morgan fingerprint density at radius 1 is 1.26 bits per heavy atom. The van der Waals surface area contributed by atoms with Gasteiger partial charge in [-0.2, -0.15) is 0 Å². The van der Waals surface area contributed by atoms with Gasteiger partial charge >= 0.3 is 6.03 Å². The SMILES string of the molecule is C=C1CCC(N2Cc3c(ccc(NC(=O)NC(C)(C)c4nc5c(OC)cc(OC)cc5s4)c3F)C2=O)C(=O)N1. The summed E-state index contributed by atoms with van der Waals surface area (Å²) in [5.41, 5.74) is 0.565. The topological polar surface area (TPSA) is 122 Å². The number of methoxy groups -OCH3 is 2. The van der Waals surface area contributed by atoms with Gasteiger partial charge in [-0.1, -0.05) is 6.58 Å². The number of carbonyl (C=O) groups excluding carboxylic acids is 3. The Labute approximate surface area is 228 Å². The summed E-state index contributed by atoms with van der Waals surface area (Å²) in [6.07, 6.45) is 0.954. The number of hydrogen-bond acceptors (Lipinski definition) is 7. The Balaban J connectivity index is 1.33. The summed E-state index contributed by atoms with van der Waals surface area (Å²) < 4.78 is 27.1. The second-order valence-electron chi connectivity index (χ2n) is 9.93. The second-order valence-corrected chi connectivity index (χ2v) is 11.0. The number of piperidine rings is 1. The smallest absolute Gasteiger partial charge is 0.320 e. The summed E-state index contributed by atoms with van der Waals surface area (Å²) in [6, 6.07) is 5.04. The van der Waals surface area contributed by atoms with E-state index in [0.717, 1.165) is 4.70 Å². The first kappa shape index (κ1) is 26.4. The molecule has 10 nitrogen and oxygen atoms in total. The number of thiazole rings is 1. The van der Waals surface area contributed by atoms with Gasteiger partial charge in [-0.25, -0.2) is 14.2 Å². The van der Waals surface area contributed by atoms with Crippen LogP contribution in [0.15, 0.2) is 36.5 Å². The van der Waals surface area contributed by atoms with Crippen molar-refractivity contribution < 1.29 is 28.2 Å². The number of nitrogens with zero attached hydrogens (tertiary/aromatic N) is 2. The molecule has 2 aliphatic rings. The maximum Gasteiger partial charge on any atom is 0.320 e. The highest BCUT2D eigenvalue weighted by Crippen LogP contribution is 2.38. The molecule has 5 rings (SSSR count). The van der Waals surface area contributed by atoms with Gasteiger partial charge in [-0.3, -0.25) is 9.59 Å². The van der Waals surface area contributed by atoms with Crippen molar-refractivity contribution in [3.8, 4) is 11.5 Å². The lowest BCUT2D eigenvalue weighted by Gasteiger charge is -2.30. The molecule has 4 amide bonds. The number of ether oxygens (including phenoxy) is 2. The van der Waals surface area contributed by atoms with E-state index in [1.165, 1.54) is 28.4 Å². The van der Waals surface area contributed by atoms with Gasteiger partial charge in [0.1, 0.15) is 28.1 Å². The van der Waals surface area contributed by atoms with Crippen LogP contribution in [0.4, 0.5) is 14.9 Å². The van der Waals surface area contributed by atoms with E-state index in [9.17, 15) is 14.4 Å². The molecule has 0 bridgehead atoms. The lowest BCUT2D eigenvalue weighted by molar-refractivity contribution is -0.126. The first-order valence-electron chi connectivity index (χ1n) is 12.3. The van der Waals surface area contributed by atoms with Crippen LogP contribution in [-0.2, 0) is 16.9 Å². The molecule has 1 unspecified atom stereocenters. The molecule has 12 heteroatoms. The summed E-state index contributed by atoms with van der Waals surface area (Å²) >= 11 is 1.38. The van der Waals surface area contributed by atoms with E-state index >= 15 is 4.39 Å². The molecule has 39 heavy (non-hydrogen) atoms. The van der Waals surface area contributed by atoms with Crippen LogP contribution in [0, 0.1) is 5.82 Å². The van der Waals surface area contributed by atoms with Gasteiger partial charge in [0.15, 0.2) is 5.82 Å². The molecule has 204 valence electrons. The van der Waals surface area contributed by atoms with E-state index in [1.54, 1.807) is 34.1 Å². The zero-order chi connectivity index (χ0) is 28.1. The molecule has 0 aliphatic carbocycles. The molecular formula is C27H28FN5O5S. The van der Waals surface area contributed by atoms with Crippen LogP contribution in [-0.4, -0.2) is 48.0 Å². The lowest BCUT2D eigenvalue weighted by Crippen LogP contribution is -2.49. The number of urea groups is 1. The monoisotopic (exact) mass is 553 g/mol. The van der Waals surface area contributed by atoms with Gasteiger partial charge in [-0.05, 0) is 44.9 Å². The van der Waals surface area contributed by atoms with Crippen molar-refractivity contribution in [2.75, 3.05) is 19.5 Å². The number of amides is 4. The van der Waals surface area contributed by atoms with Crippen LogP contribution >= 0.6 is 11.3 Å². The third kappa shape index (κ3) is 4.76. The predicted molar refractivity (Wildman–Crippen MR) is 144 cm³/mol. The van der Waals surface area contributed by atoms with Crippen molar-refractivity contribution >= 4 is 45.1 Å². The van der Waals surface area contributed by atoms with E-state index < -0.39 is 29.3 Å². The molecule has 2 aromatic carbocycles. The standard InChI is InChI=1S/C27H28FN5O5S/c1-13-6-9-18(23(34)29-13)33-12-16-15(24(33)35)7-8-17(21(16)28)30-26(36)32-27(2,3)25-31-22-19(38-5)10-14(37-4)11-20(22)39-25/h7-8,10-11,18H,1,6,9,12H2,2-5H3,(H,29,34)(H2,30,32,36). The largest absolute Gasteiger partial charge is 0.497 e. The normalized spacial score (nSPS) is 17.2. The van der Waals surface area contributed by atoms with E-state index in [4.69, 9.17) is 9.47 Å². The molecule has 0 spiro atoms. The molecule has 1 aromatic heterocycles. The molecule has 0 radical (unpaired) electrons. The Morgan fingerprint density at radius 3 is 2.72 bits per heavy atom. The number of benzene rings is 2. The van der Waals surface area contributed by atoms with Gasteiger partial charge in [0.05, 0.1) is 36.7 Å². The number of fused-ring (bicyclic) bond motifs is 2. The van der Waals surface area contributed by atoms with E-state index in [-0.39, 0.29) is 29.3 Å². The summed E-state index contributed by atoms with van der Waals surface area (Å²) in [6.45, 7) is 7.26. The van der Waals surface area contributed by atoms with Crippen molar-refractivity contribution in [1.82, 2.24) is 20.5 Å². The summed E-state index contributed by atoms with van der Waals surface area (Å²) in [7, 11) is 3.11. The number of rotatable bonds is 6. The maximum absolute atomic E-state index is 15.5. The first-order chi connectivity index (χ1) is 18.5. The average molecular weight is 554 g/mol. The van der Waals surface area contributed by atoms with Gasteiger partial charge in [0.25, 0.3) is 5.91 Å². The molecule has 2 aliphatic heterocycles. The van der Waals surface area contributed by atoms with E-state index in [2.05, 4.69) is 27.5 Å². The third-order valence-corrected chi connectivity index (χ3v) is 8.19. The van der Waals surface area contributed by atoms with Gasteiger partial charge in [0.2, 0.25) is 5.91 Å². The van der Waals surface area contributed by atoms with Crippen molar-refractivity contribution in [3.05, 3.63) is 58.5 Å². The van der Waals surface area contributed by atoms with Crippen LogP contribution in [0.3, 0.4) is 0 Å². The summed E-state index contributed by atoms with van der Waals surface area (Å²) in [5.74, 6) is -0.299. The molecule has 3 heterocycles. The molecule has 1 fully saturated rings. The molecular weight excluding hydrogens is 525 g/mol. The lowest BCUT2D eigenvalue weighted by atomic mass is 10.0. The van der Waals surface area contributed by atoms with Crippen molar-refractivity contribution in [2.24, 2.45) is 0 Å². The van der Waals surface area contributed by atoms with Crippen LogP contribution in [0.25, 0.3) is 10.2 Å². The zero-order valence-corrected chi connectivity index (χ0v) is 22.8. The summed E-state index contributed by atoms with van der Waals surface area (Å²) in [4.78, 5) is 44.3. The minimum absolute atomic E-state index is 0.0653. The van der Waals surface area contributed by atoms with E-state index in [0.29, 0.717) is 40.6 Å². The Morgan fingerprint density at radius 2 is 2.03 bits per heavy atom. The number of anilines is 1. The molecule has 1 saturated heterocycles. The number of carbonyl (C=O) groups is 3. The molecule has 3 aromatic rings. The Kier molecular flexibility index (Phi) is 6.67. The van der Waals surface area contributed by atoms with Gasteiger partial charge in [-0.15, -0.1) is 11.3 Å². The van der Waals surface area contributed by atoms with Crippen molar-refractivity contribution in [1.29, 1.82) is 0 Å². The highest BCUT2D eigenvalue weighted by molar-refractivity contribution is 7.18. The van der Waals surface area contributed by atoms with Crippen molar-refractivity contribution in [2.45, 2.75) is 44.8 Å². The predicted octanol–water partition coefficient (Wildman–Crippen LogP) is 4.26. The average Bonchev–Trinajstić information content (AvgIpc) is 3.47. The van der Waals surface area contributed by atoms with Crippen LogP contribution in [0.2, 0.25) is 0 Å². The molecule has 1 atom stereocenters.